The molecule has 0 fully saturated rings. The Morgan fingerprint density at radius 1 is 1.17 bits per heavy atom. The third-order valence-corrected chi connectivity index (χ3v) is 0. The largest absolute Gasteiger partial charge is 0.344 e. The molecule has 0 aliphatic heterocycles. The van der Waals surface area contributed by atoms with Gasteiger partial charge in [0.05, 0.1) is 0 Å². The second-order valence-corrected chi connectivity index (χ2v) is 1.24. The normalized spacial score (nSPS) is 6.00. The summed E-state index contributed by atoms with van der Waals surface area (Å²) in [5, 5.41) is 0. The lowest BCUT2D eigenvalue weighted by Gasteiger charge is -1.81. The standard InChI is InChI=1S/C3H9N.2H3N/c1-3(2)4;;/h3H,4H2,1-2H3;2*1H3. The Hall–Kier alpha value is -0.120. The summed E-state index contributed by atoms with van der Waals surface area (Å²) in [5.74, 6) is 0. The predicted molar refractivity (Wildman–Crippen MR) is 29.4 cm³/mol. The molecule has 0 rings (SSSR count). The molecule has 3 nitrogen and oxygen atoms in total. The summed E-state index contributed by atoms with van der Waals surface area (Å²) in [7, 11) is 0. The van der Waals surface area contributed by atoms with Crippen molar-refractivity contribution in [2.24, 2.45) is 5.73 Å². The van der Waals surface area contributed by atoms with Gasteiger partial charge in [0.15, 0.2) is 0 Å². The Balaban J connectivity index is -0.0000000450. The van der Waals surface area contributed by atoms with E-state index in [2.05, 4.69) is 0 Å². The molecule has 0 unspecified atom stereocenters. The van der Waals surface area contributed by atoms with Gasteiger partial charge in [0.25, 0.3) is 0 Å². The smallest absolute Gasteiger partial charge is 0.00179 e. The van der Waals surface area contributed by atoms with E-state index in [1.807, 2.05) is 13.8 Å². The predicted octanol–water partition coefficient (Wildman–Crippen LogP) is 0.677. The minimum Gasteiger partial charge on any atom is -0.344 e. The van der Waals surface area contributed by atoms with E-state index < -0.39 is 0 Å². The average molecular weight is 93.2 g/mol. The quantitative estimate of drug-likeness (QED) is 0.410. The van der Waals surface area contributed by atoms with Crippen LogP contribution in [0.4, 0.5) is 0 Å². The Morgan fingerprint density at radius 3 is 1.17 bits per heavy atom. The van der Waals surface area contributed by atoms with Gasteiger partial charge in [-0.25, -0.2) is 0 Å². The first-order valence-electron chi connectivity index (χ1n) is 1.49. The molecule has 0 atom stereocenters. The zero-order valence-electron chi connectivity index (χ0n) is 4.57. The lowest BCUT2D eigenvalue weighted by Crippen LogP contribution is -2.06. The fourth-order valence-electron chi connectivity index (χ4n) is 0. The van der Waals surface area contributed by atoms with Crippen LogP contribution in [-0.2, 0) is 0 Å². The molecule has 8 N–H and O–H groups in total. The molecule has 6 heavy (non-hydrogen) atoms. The van der Waals surface area contributed by atoms with E-state index in [1.165, 1.54) is 0 Å². The van der Waals surface area contributed by atoms with Crippen LogP contribution < -0.4 is 18.0 Å². The number of hydrogen-bond acceptors (Lipinski definition) is 3. The summed E-state index contributed by atoms with van der Waals surface area (Å²) in [5.41, 5.74) is 5.11. The molecule has 3 heteroatoms. The first-order valence-corrected chi connectivity index (χ1v) is 1.49. The van der Waals surface area contributed by atoms with Crippen LogP contribution in [0.25, 0.3) is 0 Å². The minimum absolute atomic E-state index is 0. The second kappa shape index (κ2) is 8.86. The number of nitrogens with two attached hydrogens (primary N) is 1. The van der Waals surface area contributed by atoms with E-state index in [0.29, 0.717) is 6.04 Å². The third-order valence-electron chi connectivity index (χ3n) is 0. The van der Waals surface area contributed by atoms with Gasteiger partial charge in [0, 0.05) is 0 Å². The highest BCUT2D eigenvalue weighted by Gasteiger charge is 1.67. The van der Waals surface area contributed by atoms with Gasteiger partial charge in [-0.15, -0.1) is 0 Å². The highest BCUT2D eigenvalue weighted by Crippen LogP contribution is 1.58. The highest BCUT2D eigenvalue weighted by atomic mass is 14.6. The number of hydrogen-bond donors (Lipinski definition) is 3. The Morgan fingerprint density at radius 2 is 1.17 bits per heavy atom. The number of rotatable bonds is 0. The van der Waals surface area contributed by atoms with Crippen LogP contribution in [-0.4, -0.2) is 6.04 Å². The minimum atomic E-state index is 0. The molecule has 0 aromatic carbocycles. The molecule has 0 saturated heterocycles. The Kier molecular flexibility index (Phi) is 24.9. The van der Waals surface area contributed by atoms with E-state index >= 15 is 0 Å². The molecule has 0 aromatic heterocycles. The van der Waals surface area contributed by atoms with Crippen molar-refractivity contribution in [2.75, 3.05) is 0 Å². The maximum atomic E-state index is 5.11. The summed E-state index contributed by atoms with van der Waals surface area (Å²) in [6.07, 6.45) is 0. The molecule has 0 aromatic rings. The van der Waals surface area contributed by atoms with Crippen LogP contribution in [0.1, 0.15) is 13.8 Å². The second-order valence-electron chi connectivity index (χ2n) is 1.24. The van der Waals surface area contributed by atoms with Crippen LogP contribution in [0, 0.1) is 0 Å². The first kappa shape index (κ1) is 16.9. The van der Waals surface area contributed by atoms with Crippen molar-refractivity contribution in [1.29, 1.82) is 0 Å². The lowest BCUT2D eigenvalue weighted by molar-refractivity contribution is 0.834. The van der Waals surface area contributed by atoms with Crippen LogP contribution >= 0.6 is 0 Å². The van der Waals surface area contributed by atoms with Gasteiger partial charge in [-0.2, -0.15) is 0 Å². The van der Waals surface area contributed by atoms with E-state index in [-0.39, 0.29) is 12.3 Å². The Bertz CT molecular complexity index is 10.8. The van der Waals surface area contributed by atoms with E-state index in [1.54, 1.807) is 0 Å². The van der Waals surface area contributed by atoms with Crippen LogP contribution in [0.5, 0.6) is 0 Å². The van der Waals surface area contributed by atoms with Gasteiger partial charge in [-0.05, 0) is 6.04 Å². The monoisotopic (exact) mass is 93.1 g/mol. The van der Waals surface area contributed by atoms with Crippen molar-refractivity contribution in [2.45, 2.75) is 19.9 Å². The summed E-state index contributed by atoms with van der Waals surface area (Å²) in [6.45, 7) is 3.89. The SMILES string of the molecule is CC(C)N.N.N. The average Bonchev–Trinajstić information content (AvgIpc) is 0.811. The van der Waals surface area contributed by atoms with Gasteiger partial charge < -0.3 is 18.0 Å². The Labute approximate surface area is 39.1 Å². The van der Waals surface area contributed by atoms with Crippen molar-refractivity contribution in [3.05, 3.63) is 0 Å². The maximum absolute atomic E-state index is 5.11. The van der Waals surface area contributed by atoms with Gasteiger partial charge in [0.2, 0.25) is 0 Å². The lowest BCUT2D eigenvalue weighted by atomic mass is 10.5. The first-order chi connectivity index (χ1) is 1.73. The van der Waals surface area contributed by atoms with E-state index in [9.17, 15) is 0 Å². The van der Waals surface area contributed by atoms with Gasteiger partial charge >= 0.3 is 0 Å². The van der Waals surface area contributed by atoms with Crippen molar-refractivity contribution in [3.63, 3.8) is 0 Å². The molecule has 0 saturated carbocycles. The van der Waals surface area contributed by atoms with Crippen LogP contribution in [0.15, 0.2) is 0 Å². The van der Waals surface area contributed by atoms with Crippen molar-refractivity contribution in [1.82, 2.24) is 12.3 Å². The molecule has 0 spiro atoms. The van der Waals surface area contributed by atoms with Crippen molar-refractivity contribution >= 4 is 0 Å². The van der Waals surface area contributed by atoms with Gasteiger partial charge in [-0.1, -0.05) is 13.8 Å². The van der Waals surface area contributed by atoms with Crippen molar-refractivity contribution < 1.29 is 0 Å². The summed E-state index contributed by atoms with van der Waals surface area (Å²) in [4.78, 5) is 0. The maximum Gasteiger partial charge on any atom is -0.00179 e. The van der Waals surface area contributed by atoms with Crippen LogP contribution in [0.3, 0.4) is 0 Å². The van der Waals surface area contributed by atoms with Gasteiger partial charge in [0.1, 0.15) is 0 Å². The molecule has 0 heterocycles. The molecular formula is C3H15N3. The molecule has 0 bridgehead atoms. The molecule has 42 valence electrons. The molecule has 0 aliphatic carbocycles. The van der Waals surface area contributed by atoms with E-state index in [0.717, 1.165) is 0 Å². The summed E-state index contributed by atoms with van der Waals surface area (Å²) >= 11 is 0. The molecule has 0 amide bonds. The summed E-state index contributed by atoms with van der Waals surface area (Å²) in [6, 6.07) is 0.333. The van der Waals surface area contributed by atoms with Crippen LogP contribution in [0.2, 0.25) is 0 Å². The molecule has 0 radical (unpaired) electrons. The molecule has 0 aliphatic rings. The third kappa shape index (κ3) is 2230. The molecular weight excluding hydrogens is 78.1 g/mol. The van der Waals surface area contributed by atoms with Gasteiger partial charge in [-0.3, -0.25) is 0 Å². The van der Waals surface area contributed by atoms with Crippen molar-refractivity contribution in [3.8, 4) is 0 Å². The fraction of sp³-hybridized carbons (Fsp3) is 1.00. The van der Waals surface area contributed by atoms with E-state index in [4.69, 9.17) is 5.73 Å². The topological polar surface area (TPSA) is 96.0 Å². The highest BCUT2D eigenvalue weighted by molar-refractivity contribution is 4.32. The summed E-state index contributed by atoms with van der Waals surface area (Å²) < 4.78 is 0. The fourth-order valence-corrected chi connectivity index (χ4v) is 0. The zero-order valence-corrected chi connectivity index (χ0v) is 4.57. The zero-order chi connectivity index (χ0) is 3.58.